The molecular formula is C41H72NO8P. The Kier molecular flexibility index (Phi) is 35.8. The van der Waals surface area contributed by atoms with Crippen molar-refractivity contribution in [3.05, 3.63) is 60.8 Å². The summed E-state index contributed by atoms with van der Waals surface area (Å²) in [4.78, 5) is 33.8. The van der Waals surface area contributed by atoms with Crippen LogP contribution in [0.25, 0.3) is 0 Å². The van der Waals surface area contributed by atoms with Gasteiger partial charge in [-0.2, -0.15) is 0 Å². The number of hydrogen-bond donors (Lipinski definition) is 3. The second kappa shape index (κ2) is 37.5. The first kappa shape index (κ1) is 48.7. The molecule has 10 heteroatoms. The molecule has 0 saturated carbocycles. The fraction of sp³-hybridized carbons (Fsp3) is 0.707. The van der Waals surface area contributed by atoms with Gasteiger partial charge in [0.05, 0.1) is 13.2 Å². The molecule has 0 fully saturated rings. The molecule has 0 aromatic carbocycles. The molecule has 0 aliphatic heterocycles. The quantitative estimate of drug-likeness (QED) is 0.0251. The van der Waals surface area contributed by atoms with Gasteiger partial charge in [-0.05, 0) is 77.0 Å². The fourth-order valence-electron chi connectivity index (χ4n) is 4.95. The zero-order chi connectivity index (χ0) is 37.5. The summed E-state index contributed by atoms with van der Waals surface area (Å²) in [7, 11) is -4.42. The van der Waals surface area contributed by atoms with Crippen molar-refractivity contribution in [2.24, 2.45) is 0 Å². The van der Waals surface area contributed by atoms with E-state index in [1.54, 1.807) is 0 Å². The lowest BCUT2D eigenvalue weighted by Crippen LogP contribution is -2.27. The van der Waals surface area contributed by atoms with Crippen LogP contribution in [-0.4, -0.2) is 54.3 Å². The topological polar surface area (TPSA) is 131 Å². The van der Waals surface area contributed by atoms with Crippen molar-refractivity contribution >= 4 is 19.7 Å². The number of phosphoric acid groups is 1. The molecule has 2 atom stereocenters. The zero-order valence-corrected chi connectivity index (χ0v) is 32.9. The number of aliphatic hydroxyl groups excluding tert-OH is 1. The lowest BCUT2D eigenvalue weighted by atomic mass is 10.1. The standard InChI is InChI=1S/C41H72NO8P/c1-3-5-7-9-11-13-15-17-19-21-23-25-27-29-31-33-40(44)42-35-36-49-51(46,47)50-38-39(43)37-48-41(45)34-32-30-28-26-24-22-20-18-16-14-12-10-8-6-4-2/h6,8,11-14,17-20,39,43H,3-5,7,9-10,15-16,21-38H2,1-2H3,(H,42,44)(H,46,47)/b8-6-,13-11-,14-12-,19-17-,20-18-. The fourth-order valence-corrected chi connectivity index (χ4v) is 5.71. The summed E-state index contributed by atoms with van der Waals surface area (Å²) in [5.74, 6) is -0.553. The monoisotopic (exact) mass is 737 g/mol. The molecule has 0 bridgehead atoms. The highest BCUT2D eigenvalue weighted by Crippen LogP contribution is 2.42. The zero-order valence-electron chi connectivity index (χ0n) is 32.0. The first-order chi connectivity index (χ1) is 24.8. The Bertz CT molecular complexity index is 1020. The molecule has 3 N–H and O–H groups in total. The van der Waals surface area contributed by atoms with Crippen LogP contribution < -0.4 is 5.32 Å². The van der Waals surface area contributed by atoms with Gasteiger partial charge in [0.2, 0.25) is 5.91 Å². The van der Waals surface area contributed by atoms with Crippen molar-refractivity contribution in [3.8, 4) is 0 Å². The van der Waals surface area contributed by atoms with Gasteiger partial charge in [0.1, 0.15) is 12.7 Å². The molecule has 0 spiro atoms. The van der Waals surface area contributed by atoms with Gasteiger partial charge < -0.3 is 20.1 Å². The molecule has 0 aromatic rings. The Morgan fingerprint density at radius 3 is 1.69 bits per heavy atom. The Balaban J connectivity index is 3.68. The van der Waals surface area contributed by atoms with Crippen molar-refractivity contribution in [1.29, 1.82) is 0 Å². The molecule has 0 aliphatic rings. The van der Waals surface area contributed by atoms with Gasteiger partial charge in [0.15, 0.2) is 0 Å². The van der Waals surface area contributed by atoms with E-state index in [4.69, 9.17) is 13.8 Å². The molecule has 0 heterocycles. The number of phosphoric ester groups is 1. The highest BCUT2D eigenvalue weighted by Gasteiger charge is 2.23. The molecule has 51 heavy (non-hydrogen) atoms. The second-order valence-electron chi connectivity index (χ2n) is 12.9. The number of esters is 1. The summed E-state index contributed by atoms with van der Waals surface area (Å²) in [6.45, 7) is 3.35. The largest absolute Gasteiger partial charge is 0.472 e. The van der Waals surface area contributed by atoms with Crippen molar-refractivity contribution < 1.29 is 37.9 Å². The normalized spacial score (nSPS) is 14.0. The Labute approximate surface area is 310 Å². The average molecular weight is 738 g/mol. The Morgan fingerprint density at radius 1 is 0.627 bits per heavy atom. The van der Waals surface area contributed by atoms with Crippen LogP contribution in [0.15, 0.2) is 60.8 Å². The molecule has 2 unspecified atom stereocenters. The van der Waals surface area contributed by atoms with Crippen LogP contribution in [0.2, 0.25) is 0 Å². The molecule has 9 nitrogen and oxygen atoms in total. The molecule has 0 aromatic heterocycles. The lowest BCUT2D eigenvalue weighted by Gasteiger charge is -2.15. The minimum absolute atomic E-state index is 0.0691. The third-order valence-electron chi connectivity index (χ3n) is 7.93. The molecule has 294 valence electrons. The number of amides is 1. The van der Waals surface area contributed by atoms with Gasteiger partial charge in [-0.25, -0.2) is 4.57 Å². The molecule has 0 radical (unpaired) electrons. The van der Waals surface area contributed by atoms with Crippen molar-refractivity contribution in [3.63, 3.8) is 0 Å². The summed E-state index contributed by atoms with van der Waals surface area (Å²) in [5.41, 5.74) is 0. The Hall–Kier alpha value is -2.29. The minimum Gasteiger partial charge on any atom is -0.463 e. The summed E-state index contributed by atoms with van der Waals surface area (Å²) in [5, 5.41) is 12.6. The first-order valence-corrected chi connectivity index (χ1v) is 21.3. The van der Waals surface area contributed by atoms with Gasteiger partial charge in [-0.3, -0.25) is 18.6 Å². The Morgan fingerprint density at radius 2 is 1.12 bits per heavy atom. The number of aliphatic hydroxyl groups is 1. The number of carbonyl (C=O) groups excluding carboxylic acids is 2. The van der Waals surface area contributed by atoms with Gasteiger partial charge in [0, 0.05) is 19.4 Å². The van der Waals surface area contributed by atoms with Crippen LogP contribution in [0.1, 0.15) is 155 Å². The van der Waals surface area contributed by atoms with E-state index in [1.807, 2.05) is 0 Å². The van der Waals surface area contributed by atoms with Gasteiger partial charge in [-0.1, -0.05) is 126 Å². The number of ether oxygens (including phenoxy) is 1. The minimum atomic E-state index is -4.42. The maximum Gasteiger partial charge on any atom is 0.472 e. The summed E-state index contributed by atoms with van der Waals surface area (Å²) in [6, 6.07) is 0. The molecule has 0 rings (SSSR count). The third-order valence-corrected chi connectivity index (χ3v) is 8.92. The van der Waals surface area contributed by atoms with E-state index < -0.39 is 26.5 Å². The summed E-state index contributed by atoms with van der Waals surface area (Å²) >= 11 is 0. The number of hydrogen-bond acceptors (Lipinski definition) is 7. The molecule has 0 aliphatic carbocycles. The van der Waals surface area contributed by atoms with Gasteiger partial charge >= 0.3 is 13.8 Å². The SMILES string of the molecule is CC/C=C\C/C=C\C/C=C\CCCCCCCC(=O)OCC(O)COP(=O)(O)OCCNC(=O)CCCCCCC/C=C\C/C=C\CCCCC. The number of rotatable bonds is 36. The highest BCUT2D eigenvalue weighted by atomic mass is 31.2. The van der Waals surface area contributed by atoms with E-state index in [0.717, 1.165) is 96.3 Å². The maximum atomic E-state index is 12.1. The van der Waals surface area contributed by atoms with Crippen molar-refractivity contribution in [2.45, 2.75) is 161 Å². The van der Waals surface area contributed by atoms with Crippen LogP contribution in [0.4, 0.5) is 0 Å². The molecule has 0 saturated heterocycles. The van der Waals surface area contributed by atoms with Gasteiger partial charge in [0.25, 0.3) is 0 Å². The van der Waals surface area contributed by atoms with Crippen molar-refractivity contribution in [2.75, 3.05) is 26.4 Å². The van der Waals surface area contributed by atoms with E-state index in [1.165, 1.54) is 25.7 Å². The third kappa shape index (κ3) is 38.8. The smallest absolute Gasteiger partial charge is 0.463 e. The molecular weight excluding hydrogens is 665 g/mol. The van der Waals surface area contributed by atoms with Crippen LogP contribution in [0, 0.1) is 0 Å². The summed E-state index contributed by atoms with van der Waals surface area (Å²) < 4.78 is 26.8. The number of carbonyl (C=O) groups is 2. The van der Waals surface area contributed by atoms with Crippen LogP contribution in [0.5, 0.6) is 0 Å². The lowest BCUT2D eigenvalue weighted by molar-refractivity contribution is -0.147. The maximum absolute atomic E-state index is 12.1. The number of nitrogens with one attached hydrogen (secondary N) is 1. The van der Waals surface area contributed by atoms with E-state index in [2.05, 4.69) is 79.9 Å². The predicted molar refractivity (Wildman–Crippen MR) is 210 cm³/mol. The van der Waals surface area contributed by atoms with Crippen LogP contribution >= 0.6 is 7.82 Å². The van der Waals surface area contributed by atoms with E-state index in [9.17, 15) is 24.2 Å². The van der Waals surface area contributed by atoms with E-state index >= 15 is 0 Å². The average Bonchev–Trinajstić information content (AvgIpc) is 3.11. The molecule has 1 amide bonds. The number of unbranched alkanes of at least 4 members (excludes halogenated alkanes) is 13. The van der Waals surface area contributed by atoms with Crippen LogP contribution in [0.3, 0.4) is 0 Å². The van der Waals surface area contributed by atoms with Gasteiger partial charge in [-0.15, -0.1) is 0 Å². The second-order valence-corrected chi connectivity index (χ2v) is 14.3. The van der Waals surface area contributed by atoms with Crippen molar-refractivity contribution in [1.82, 2.24) is 5.32 Å². The highest BCUT2D eigenvalue weighted by molar-refractivity contribution is 7.47. The summed E-state index contributed by atoms with van der Waals surface area (Å²) in [6.07, 6.45) is 42.9. The van der Waals surface area contributed by atoms with E-state index in [0.29, 0.717) is 12.8 Å². The first-order valence-electron chi connectivity index (χ1n) is 19.8. The predicted octanol–water partition coefficient (Wildman–Crippen LogP) is 10.5. The van der Waals surface area contributed by atoms with E-state index in [-0.39, 0.29) is 32.1 Å². The number of allylic oxidation sites excluding steroid dienone is 10. The van der Waals surface area contributed by atoms with Crippen LogP contribution in [-0.2, 0) is 27.9 Å².